The van der Waals surface area contributed by atoms with Crippen LogP contribution in [0.5, 0.6) is 0 Å². The molecule has 3 aromatic rings. The number of aromatic nitrogens is 1. The van der Waals surface area contributed by atoms with Gasteiger partial charge < -0.3 is 4.74 Å². The Morgan fingerprint density at radius 1 is 1.22 bits per heavy atom. The van der Waals surface area contributed by atoms with E-state index in [2.05, 4.69) is 10.3 Å². The van der Waals surface area contributed by atoms with Crippen LogP contribution in [0.3, 0.4) is 0 Å². The van der Waals surface area contributed by atoms with Gasteiger partial charge >= 0.3 is 11.0 Å². The second-order valence-electron chi connectivity index (χ2n) is 5.27. The van der Waals surface area contributed by atoms with E-state index in [-0.39, 0.29) is 15.9 Å². The van der Waals surface area contributed by atoms with Crippen molar-refractivity contribution in [3.8, 4) is 0 Å². The molecule has 0 aliphatic carbocycles. The zero-order valence-electron chi connectivity index (χ0n) is 13.8. The van der Waals surface area contributed by atoms with E-state index >= 15 is 0 Å². The number of rotatable bonds is 7. The van der Waals surface area contributed by atoms with Gasteiger partial charge in [0.05, 0.1) is 10.7 Å². The van der Waals surface area contributed by atoms with Gasteiger partial charge in [-0.3, -0.25) is 25.0 Å². The van der Waals surface area contributed by atoms with Crippen molar-refractivity contribution in [3.05, 3.63) is 58.8 Å². The molecular formula is C17H13N3O5S2. The van der Waals surface area contributed by atoms with Crippen LogP contribution in [-0.4, -0.2) is 34.1 Å². The van der Waals surface area contributed by atoms with Gasteiger partial charge in [0.1, 0.15) is 6.20 Å². The number of ether oxygens (including phenoxy) is 1. The first-order chi connectivity index (χ1) is 13.0. The van der Waals surface area contributed by atoms with E-state index in [0.29, 0.717) is 0 Å². The van der Waals surface area contributed by atoms with Gasteiger partial charge in [0, 0.05) is 4.90 Å². The van der Waals surface area contributed by atoms with Gasteiger partial charge in [0.25, 0.3) is 5.91 Å². The molecule has 1 N–H and O–H groups in total. The highest BCUT2D eigenvalue weighted by Gasteiger charge is 2.14. The summed E-state index contributed by atoms with van der Waals surface area (Å²) in [6.45, 7) is -0.482. The molecule has 0 atom stereocenters. The van der Waals surface area contributed by atoms with Crippen molar-refractivity contribution in [2.24, 2.45) is 0 Å². The maximum atomic E-state index is 11.8. The lowest BCUT2D eigenvalue weighted by molar-refractivity contribution is -0.380. The van der Waals surface area contributed by atoms with Crippen molar-refractivity contribution < 1.29 is 19.2 Å². The van der Waals surface area contributed by atoms with Crippen molar-refractivity contribution in [1.29, 1.82) is 0 Å². The molecule has 2 aromatic carbocycles. The maximum Gasteiger partial charge on any atom is 0.345 e. The summed E-state index contributed by atoms with van der Waals surface area (Å²) < 4.78 is 4.91. The number of nitrogens with zero attached hydrogens (tertiary/aromatic N) is 2. The minimum atomic E-state index is -0.608. The van der Waals surface area contributed by atoms with E-state index in [0.717, 1.165) is 33.2 Å². The molecule has 3 rings (SSSR count). The van der Waals surface area contributed by atoms with E-state index < -0.39 is 23.4 Å². The molecule has 0 fully saturated rings. The SMILES string of the molecule is O=C(COC(=O)CSc1ccc2ccccc2c1)Nc1ncc([N+](=O)[O-])s1. The van der Waals surface area contributed by atoms with Crippen LogP contribution in [0.1, 0.15) is 0 Å². The maximum absolute atomic E-state index is 11.8. The highest BCUT2D eigenvalue weighted by Crippen LogP contribution is 2.25. The Labute approximate surface area is 161 Å². The number of thiazole rings is 1. The van der Waals surface area contributed by atoms with Gasteiger partial charge in [-0.05, 0) is 34.2 Å². The normalized spacial score (nSPS) is 10.5. The van der Waals surface area contributed by atoms with Gasteiger partial charge in [0.2, 0.25) is 0 Å². The van der Waals surface area contributed by atoms with Crippen LogP contribution in [-0.2, 0) is 14.3 Å². The number of hydrogen-bond donors (Lipinski definition) is 1. The van der Waals surface area contributed by atoms with Crippen LogP contribution in [0.15, 0.2) is 53.6 Å². The van der Waals surface area contributed by atoms with Crippen LogP contribution >= 0.6 is 23.1 Å². The smallest absolute Gasteiger partial charge is 0.345 e. The number of benzene rings is 2. The Hall–Kier alpha value is -2.98. The number of amides is 1. The molecule has 1 aromatic heterocycles. The first-order valence-corrected chi connectivity index (χ1v) is 9.49. The number of fused-ring (bicyclic) bond motifs is 1. The first-order valence-electron chi connectivity index (χ1n) is 7.68. The summed E-state index contributed by atoms with van der Waals surface area (Å²) >= 11 is 2.04. The molecular weight excluding hydrogens is 390 g/mol. The molecule has 0 saturated carbocycles. The lowest BCUT2D eigenvalue weighted by Gasteiger charge is -2.05. The topological polar surface area (TPSA) is 111 Å². The summed E-state index contributed by atoms with van der Waals surface area (Å²) in [4.78, 5) is 38.1. The standard InChI is InChI=1S/C17H13N3O5S2/c21-14(19-17-18-8-15(27-17)20(23)24)9-25-16(22)10-26-13-6-5-11-3-1-2-4-12(11)7-13/h1-8H,9-10H2,(H,18,19,21). The molecule has 0 aliphatic rings. The quantitative estimate of drug-likeness (QED) is 0.278. The zero-order valence-corrected chi connectivity index (χ0v) is 15.4. The number of hydrogen-bond acceptors (Lipinski definition) is 8. The Balaban J connectivity index is 1.44. The van der Waals surface area contributed by atoms with E-state index in [4.69, 9.17) is 4.74 Å². The zero-order chi connectivity index (χ0) is 19.2. The average molecular weight is 403 g/mol. The highest BCUT2D eigenvalue weighted by atomic mass is 32.2. The third-order valence-corrected chi connectivity index (χ3v) is 5.19. The van der Waals surface area contributed by atoms with Crippen LogP contribution < -0.4 is 5.32 Å². The Morgan fingerprint density at radius 2 is 2.00 bits per heavy atom. The molecule has 27 heavy (non-hydrogen) atoms. The van der Waals surface area contributed by atoms with Crippen molar-refractivity contribution >= 4 is 55.9 Å². The number of anilines is 1. The summed E-state index contributed by atoms with van der Waals surface area (Å²) in [5.41, 5.74) is 0. The van der Waals surface area contributed by atoms with Crippen LogP contribution in [0, 0.1) is 10.1 Å². The van der Waals surface area contributed by atoms with Crippen molar-refractivity contribution in [3.63, 3.8) is 0 Å². The minimum Gasteiger partial charge on any atom is -0.455 e. The number of esters is 1. The monoisotopic (exact) mass is 403 g/mol. The lowest BCUT2D eigenvalue weighted by Crippen LogP contribution is -2.21. The fourth-order valence-corrected chi connectivity index (χ4v) is 3.54. The van der Waals surface area contributed by atoms with Gasteiger partial charge in [-0.15, -0.1) is 11.8 Å². The Kier molecular flexibility index (Phi) is 5.99. The molecule has 1 amide bonds. The van der Waals surface area contributed by atoms with Gasteiger partial charge in [-0.2, -0.15) is 0 Å². The second-order valence-corrected chi connectivity index (χ2v) is 7.33. The summed E-state index contributed by atoms with van der Waals surface area (Å²) in [5.74, 6) is -1.08. The van der Waals surface area contributed by atoms with Crippen molar-refractivity contribution in [2.45, 2.75) is 4.90 Å². The summed E-state index contributed by atoms with van der Waals surface area (Å²) in [7, 11) is 0. The largest absolute Gasteiger partial charge is 0.455 e. The summed E-state index contributed by atoms with van der Waals surface area (Å²) in [6.07, 6.45) is 1.05. The van der Waals surface area contributed by atoms with Crippen LogP contribution in [0.4, 0.5) is 10.1 Å². The molecule has 0 radical (unpaired) electrons. The third-order valence-electron chi connectivity index (χ3n) is 3.36. The van der Waals surface area contributed by atoms with Gasteiger partial charge in [-0.25, -0.2) is 4.98 Å². The Morgan fingerprint density at radius 3 is 2.74 bits per heavy atom. The molecule has 8 nitrogen and oxygen atoms in total. The van der Waals surface area contributed by atoms with Crippen molar-refractivity contribution in [2.75, 3.05) is 17.7 Å². The predicted molar refractivity (Wildman–Crippen MR) is 103 cm³/mol. The van der Waals surface area contributed by atoms with Crippen LogP contribution in [0.25, 0.3) is 10.8 Å². The van der Waals surface area contributed by atoms with E-state index in [1.54, 1.807) is 0 Å². The molecule has 138 valence electrons. The van der Waals surface area contributed by atoms with E-state index in [9.17, 15) is 19.7 Å². The number of thioether (sulfide) groups is 1. The van der Waals surface area contributed by atoms with Crippen molar-refractivity contribution in [1.82, 2.24) is 4.98 Å². The Bertz CT molecular complexity index is 1000. The minimum absolute atomic E-state index is 0.0638. The molecule has 0 unspecified atom stereocenters. The number of carbonyl (C=O) groups excluding carboxylic acids is 2. The first kappa shape index (κ1) is 18.8. The third kappa shape index (κ3) is 5.25. The number of carbonyl (C=O) groups is 2. The molecule has 0 saturated heterocycles. The molecule has 1 heterocycles. The van der Waals surface area contributed by atoms with E-state index in [1.165, 1.54) is 11.8 Å². The van der Waals surface area contributed by atoms with Gasteiger partial charge in [0.15, 0.2) is 11.7 Å². The highest BCUT2D eigenvalue weighted by molar-refractivity contribution is 8.00. The lowest BCUT2D eigenvalue weighted by atomic mass is 10.1. The van der Waals surface area contributed by atoms with Crippen LogP contribution in [0.2, 0.25) is 0 Å². The fraction of sp³-hybridized carbons (Fsp3) is 0.118. The second kappa shape index (κ2) is 8.60. The predicted octanol–water partition coefficient (Wildman–Crippen LogP) is 3.48. The van der Waals surface area contributed by atoms with E-state index in [1.807, 2.05) is 42.5 Å². The molecule has 10 heteroatoms. The summed E-state index contributed by atoms with van der Waals surface area (Å²) in [6, 6.07) is 13.8. The fourth-order valence-electron chi connectivity index (χ4n) is 2.15. The summed E-state index contributed by atoms with van der Waals surface area (Å²) in [5, 5.41) is 15.0. The molecule has 0 spiro atoms. The average Bonchev–Trinajstić information content (AvgIpc) is 3.13. The number of nitrogens with one attached hydrogen (secondary N) is 1. The molecule has 0 aliphatic heterocycles. The molecule has 0 bridgehead atoms. The van der Waals surface area contributed by atoms with Gasteiger partial charge in [-0.1, -0.05) is 30.3 Å². The number of nitro groups is 1.